The molecule has 2 aliphatic rings. The van der Waals surface area contributed by atoms with Crippen molar-refractivity contribution in [3.8, 4) is 11.5 Å². The van der Waals surface area contributed by atoms with Crippen LogP contribution in [-0.4, -0.2) is 34.6 Å². The van der Waals surface area contributed by atoms with E-state index >= 15 is 0 Å². The molecule has 8 nitrogen and oxygen atoms in total. The monoisotopic (exact) mass is 513 g/mol. The van der Waals surface area contributed by atoms with Crippen LogP contribution in [-0.2, 0) is 17.8 Å². The van der Waals surface area contributed by atoms with Crippen LogP contribution < -0.4 is 20.5 Å². The number of anilines is 2. The maximum absolute atomic E-state index is 13.0. The van der Waals surface area contributed by atoms with E-state index in [-0.39, 0.29) is 17.7 Å². The minimum absolute atomic E-state index is 0.103. The van der Waals surface area contributed by atoms with E-state index in [9.17, 15) is 9.18 Å². The molecule has 2 aromatic heterocycles. The van der Waals surface area contributed by atoms with Gasteiger partial charge in [-0.1, -0.05) is 18.2 Å². The van der Waals surface area contributed by atoms with E-state index in [2.05, 4.69) is 37.3 Å². The number of aromatic nitrogens is 3. The molecule has 2 N–H and O–H groups in total. The third kappa shape index (κ3) is 4.72. The quantitative estimate of drug-likeness (QED) is 0.327. The summed E-state index contributed by atoms with van der Waals surface area (Å²) < 4.78 is 25.6. The molecule has 9 heteroatoms. The summed E-state index contributed by atoms with van der Waals surface area (Å²) in [6.45, 7) is 3.07. The van der Waals surface area contributed by atoms with Crippen molar-refractivity contribution in [3.05, 3.63) is 106 Å². The molecule has 2 aliphatic heterocycles. The summed E-state index contributed by atoms with van der Waals surface area (Å²) in [6, 6.07) is 17.2. The summed E-state index contributed by atoms with van der Waals surface area (Å²) in [5, 5.41) is 3.42. The van der Waals surface area contributed by atoms with Crippen molar-refractivity contribution in [2.75, 3.05) is 29.9 Å². The maximum Gasteiger partial charge on any atom is 0.271 e. The molecule has 0 spiro atoms. The highest BCUT2D eigenvalue weighted by atomic mass is 19.1. The van der Waals surface area contributed by atoms with Gasteiger partial charge in [0.25, 0.3) is 5.56 Å². The summed E-state index contributed by atoms with van der Waals surface area (Å²) in [5.74, 6) is 2.16. The fraction of sp³-hybridized carbons (Fsp3) is 0.276. The highest BCUT2D eigenvalue weighted by Gasteiger charge is 2.29. The number of morpholine rings is 1. The molecule has 4 heterocycles. The Morgan fingerprint density at radius 2 is 2.11 bits per heavy atom. The van der Waals surface area contributed by atoms with Gasteiger partial charge in [0.15, 0.2) is 5.82 Å². The van der Waals surface area contributed by atoms with Crippen molar-refractivity contribution in [2.24, 2.45) is 0 Å². The lowest BCUT2D eigenvalue weighted by Crippen LogP contribution is -2.41. The number of nitrogens with zero attached hydrogens (tertiary/aromatic N) is 3. The van der Waals surface area contributed by atoms with E-state index < -0.39 is 6.67 Å². The topological polar surface area (TPSA) is 92.4 Å². The van der Waals surface area contributed by atoms with E-state index in [1.807, 2.05) is 43.3 Å². The number of rotatable bonds is 6. The molecule has 4 aromatic rings. The maximum atomic E-state index is 13.0. The van der Waals surface area contributed by atoms with Gasteiger partial charge in [0.05, 0.1) is 18.3 Å². The standard InChI is InChI=1S/C29H28FN5O3/c1-18(28-31-11-9-22(16-30)34-28)33-21-7-8-25-20(15-21)14-19-4-2-5-23(27(19)38-25)26-17-35(12-13-37-26)24-6-3-10-32-29(24)36/h2-11,15,18,26,33H,12-14,16-17H2,1H3,(H,32,36). The van der Waals surface area contributed by atoms with Gasteiger partial charge >= 0.3 is 0 Å². The largest absolute Gasteiger partial charge is 0.456 e. The van der Waals surface area contributed by atoms with Crippen molar-refractivity contribution >= 4 is 11.4 Å². The zero-order valence-electron chi connectivity index (χ0n) is 21.0. The Kier molecular flexibility index (Phi) is 6.51. The molecule has 2 unspecified atom stereocenters. The van der Waals surface area contributed by atoms with Gasteiger partial charge in [-0.15, -0.1) is 0 Å². The first-order valence-corrected chi connectivity index (χ1v) is 12.7. The van der Waals surface area contributed by atoms with E-state index in [4.69, 9.17) is 9.47 Å². The average Bonchev–Trinajstić information content (AvgIpc) is 2.96. The second-order valence-corrected chi connectivity index (χ2v) is 9.53. The number of pyridine rings is 1. The normalized spacial score (nSPS) is 17.2. The number of alkyl halides is 1. The summed E-state index contributed by atoms with van der Waals surface area (Å²) in [6.07, 6.45) is 3.71. The van der Waals surface area contributed by atoms with E-state index in [1.165, 1.54) is 0 Å². The van der Waals surface area contributed by atoms with Crippen LogP contribution in [0.2, 0.25) is 0 Å². The lowest BCUT2D eigenvalue weighted by Gasteiger charge is -2.35. The lowest BCUT2D eigenvalue weighted by molar-refractivity contribution is 0.0383. The number of aromatic amines is 1. The van der Waals surface area contributed by atoms with Gasteiger partial charge in [-0.3, -0.25) is 4.79 Å². The first-order valence-electron chi connectivity index (χ1n) is 12.7. The van der Waals surface area contributed by atoms with Crippen LogP contribution in [0, 0.1) is 0 Å². The Morgan fingerprint density at radius 1 is 1.18 bits per heavy atom. The number of hydrogen-bond acceptors (Lipinski definition) is 7. The highest BCUT2D eigenvalue weighted by molar-refractivity contribution is 5.59. The Morgan fingerprint density at radius 3 is 2.97 bits per heavy atom. The Labute approximate surface area is 219 Å². The Hall–Kier alpha value is -4.24. The van der Waals surface area contributed by atoms with Gasteiger partial charge in [-0.2, -0.15) is 0 Å². The molecule has 2 atom stereocenters. The summed E-state index contributed by atoms with van der Waals surface area (Å²) >= 11 is 0. The smallest absolute Gasteiger partial charge is 0.271 e. The highest BCUT2D eigenvalue weighted by Crippen LogP contribution is 2.43. The third-order valence-electron chi connectivity index (χ3n) is 6.97. The molecule has 6 rings (SSSR count). The predicted octanol–water partition coefficient (Wildman–Crippen LogP) is 5.08. The van der Waals surface area contributed by atoms with Crippen LogP contribution in [0.15, 0.2) is 71.8 Å². The number of benzene rings is 2. The average molecular weight is 514 g/mol. The number of H-pyrrole nitrogens is 1. The van der Waals surface area contributed by atoms with Gasteiger partial charge in [-0.05, 0) is 48.9 Å². The zero-order valence-corrected chi connectivity index (χ0v) is 21.0. The van der Waals surface area contributed by atoms with Crippen LogP contribution >= 0.6 is 0 Å². The van der Waals surface area contributed by atoms with Crippen LogP contribution in [0.25, 0.3) is 0 Å². The molecule has 194 valence electrons. The summed E-state index contributed by atoms with van der Waals surface area (Å²) in [7, 11) is 0. The fourth-order valence-corrected chi connectivity index (χ4v) is 5.07. The third-order valence-corrected chi connectivity index (χ3v) is 6.97. The van der Waals surface area contributed by atoms with Gasteiger partial charge in [0.1, 0.15) is 30.0 Å². The lowest BCUT2D eigenvalue weighted by atomic mass is 9.95. The zero-order chi connectivity index (χ0) is 26.1. The minimum atomic E-state index is -0.617. The molecule has 2 aromatic carbocycles. The van der Waals surface area contributed by atoms with Gasteiger partial charge in [0, 0.05) is 48.7 Å². The molecule has 38 heavy (non-hydrogen) atoms. The molecular weight excluding hydrogens is 485 g/mol. The Bertz CT molecular complexity index is 1520. The van der Waals surface area contributed by atoms with Crippen LogP contribution in [0.5, 0.6) is 11.5 Å². The van der Waals surface area contributed by atoms with Gasteiger partial charge < -0.3 is 24.7 Å². The second kappa shape index (κ2) is 10.3. The molecular formula is C29H28FN5O3. The van der Waals surface area contributed by atoms with E-state index in [0.717, 1.165) is 33.9 Å². The molecule has 0 amide bonds. The fourth-order valence-electron chi connectivity index (χ4n) is 5.07. The van der Waals surface area contributed by atoms with Crippen molar-refractivity contribution in [1.29, 1.82) is 0 Å². The van der Waals surface area contributed by atoms with E-state index in [1.54, 1.807) is 18.5 Å². The number of fused-ring (bicyclic) bond motifs is 2. The number of ether oxygens (including phenoxy) is 2. The predicted molar refractivity (Wildman–Crippen MR) is 143 cm³/mol. The van der Waals surface area contributed by atoms with Crippen LogP contribution in [0.1, 0.15) is 47.3 Å². The number of para-hydroxylation sites is 1. The van der Waals surface area contributed by atoms with Gasteiger partial charge in [0.2, 0.25) is 0 Å². The number of halogens is 1. The number of hydrogen-bond donors (Lipinski definition) is 2. The molecule has 0 radical (unpaired) electrons. The van der Waals surface area contributed by atoms with Crippen molar-refractivity contribution in [3.63, 3.8) is 0 Å². The molecule has 1 fully saturated rings. The minimum Gasteiger partial charge on any atom is -0.456 e. The van der Waals surface area contributed by atoms with Gasteiger partial charge in [-0.25, -0.2) is 14.4 Å². The SMILES string of the molecule is CC(Nc1ccc2c(c1)Cc1cccc(C3CN(c4ccc[nH]c4=O)CCO3)c1O2)c1nccc(CF)n1. The van der Waals surface area contributed by atoms with E-state index in [0.29, 0.717) is 43.3 Å². The number of nitrogens with one attached hydrogen (secondary N) is 2. The summed E-state index contributed by atoms with van der Waals surface area (Å²) in [4.78, 5) is 25.7. The molecule has 0 aliphatic carbocycles. The molecule has 0 saturated carbocycles. The molecule has 0 bridgehead atoms. The van der Waals surface area contributed by atoms with Crippen molar-refractivity contribution in [1.82, 2.24) is 15.0 Å². The van der Waals surface area contributed by atoms with Crippen molar-refractivity contribution < 1.29 is 13.9 Å². The van der Waals surface area contributed by atoms with Crippen molar-refractivity contribution in [2.45, 2.75) is 32.2 Å². The summed E-state index contributed by atoms with van der Waals surface area (Å²) in [5.41, 5.74) is 4.95. The first kappa shape index (κ1) is 24.1. The second-order valence-electron chi connectivity index (χ2n) is 9.53. The Balaban J connectivity index is 1.21. The van der Waals surface area contributed by atoms with Crippen LogP contribution in [0.4, 0.5) is 15.8 Å². The van der Waals surface area contributed by atoms with Crippen LogP contribution in [0.3, 0.4) is 0 Å². The molecule has 1 saturated heterocycles. The first-order chi connectivity index (χ1) is 18.6.